The lowest BCUT2D eigenvalue weighted by atomic mass is 10.2. The second-order valence-corrected chi connectivity index (χ2v) is 4.69. The molecule has 2 aromatic rings. The predicted octanol–water partition coefficient (Wildman–Crippen LogP) is 4.16. The molecule has 0 heterocycles. The van der Waals surface area contributed by atoms with Crippen molar-refractivity contribution in [2.24, 2.45) is 0 Å². The summed E-state index contributed by atoms with van der Waals surface area (Å²) in [5.41, 5.74) is 1.45. The Labute approximate surface area is 126 Å². The Morgan fingerprint density at radius 3 is 2.50 bits per heavy atom. The maximum atomic E-state index is 13.7. The molecule has 0 saturated carbocycles. The molecule has 0 aliphatic carbocycles. The van der Waals surface area contributed by atoms with Gasteiger partial charge in [-0.2, -0.15) is 5.26 Å². The zero-order valence-electron chi connectivity index (χ0n) is 10.2. The third-order valence-corrected chi connectivity index (χ3v) is 2.97. The number of anilines is 2. The molecule has 3 nitrogen and oxygen atoms in total. The van der Waals surface area contributed by atoms with Crippen LogP contribution in [0.25, 0.3) is 0 Å². The molecule has 20 heavy (non-hydrogen) atoms. The number of nitrogens with one attached hydrogen (secondary N) is 2. The molecular formula is C14H9ClFN3S. The molecule has 2 aromatic carbocycles. The van der Waals surface area contributed by atoms with Crippen molar-refractivity contribution in [2.45, 2.75) is 0 Å². The van der Waals surface area contributed by atoms with E-state index in [1.165, 1.54) is 12.1 Å². The summed E-state index contributed by atoms with van der Waals surface area (Å²) in [7, 11) is 0. The Hall–Kier alpha value is -2.16. The molecule has 0 saturated heterocycles. The Morgan fingerprint density at radius 2 is 1.85 bits per heavy atom. The highest BCUT2D eigenvalue weighted by Crippen LogP contribution is 2.22. The first-order valence-corrected chi connectivity index (χ1v) is 6.41. The first-order valence-electron chi connectivity index (χ1n) is 5.62. The number of hydrogen-bond acceptors (Lipinski definition) is 2. The van der Waals surface area contributed by atoms with Crippen molar-refractivity contribution < 1.29 is 4.39 Å². The first kappa shape index (κ1) is 14.3. The molecule has 0 atom stereocenters. The third kappa shape index (κ3) is 3.44. The van der Waals surface area contributed by atoms with Gasteiger partial charge in [0.15, 0.2) is 10.9 Å². The van der Waals surface area contributed by atoms with Crippen LogP contribution in [-0.2, 0) is 0 Å². The highest BCUT2D eigenvalue weighted by atomic mass is 35.5. The fourth-order valence-corrected chi connectivity index (χ4v) is 1.92. The number of nitrogens with zero attached hydrogens (tertiary/aromatic N) is 1. The van der Waals surface area contributed by atoms with E-state index >= 15 is 0 Å². The minimum absolute atomic E-state index is 0.0242. The molecule has 6 heteroatoms. The van der Waals surface area contributed by atoms with E-state index in [9.17, 15) is 4.39 Å². The van der Waals surface area contributed by atoms with Crippen molar-refractivity contribution in [3.05, 3.63) is 58.9 Å². The molecule has 0 fully saturated rings. The normalized spacial score (nSPS) is 9.65. The third-order valence-electron chi connectivity index (χ3n) is 2.47. The summed E-state index contributed by atoms with van der Waals surface area (Å²) >= 11 is 10.8. The molecule has 2 rings (SSSR count). The van der Waals surface area contributed by atoms with Crippen molar-refractivity contribution in [1.82, 2.24) is 0 Å². The van der Waals surface area contributed by atoms with Gasteiger partial charge in [-0.3, -0.25) is 0 Å². The topological polar surface area (TPSA) is 47.9 Å². The largest absolute Gasteiger partial charge is 0.332 e. The van der Waals surface area contributed by atoms with Crippen LogP contribution in [-0.4, -0.2) is 5.11 Å². The van der Waals surface area contributed by atoms with Gasteiger partial charge >= 0.3 is 0 Å². The van der Waals surface area contributed by atoms with E-state index in [2.05, 4.69) is 10.6 Å². The van der Waals surface area contributed by atoms with Gasteiger partial charge in [0, 0.05) is 5.69 Å². The van der Waals surface area contributed by atoms with E-state index in [1.807, 2.05) is 6.07 Å². The minimum atomic E-state index is -0.557. The average Bonchev–Trinajstić information content (AvgIpc) is 2.45. The van der Waals surface area contributed by atoms with Crippen LogP contribution in [0.2, 0.25) is 5.02 Å². The van der Waals surface area contributed by atoms with Crippen molar-refractivity contribution in [2.75, 3.05) is 10.6 Å². The zero-order valence-corrected chi connectivity index (χ0v) is 11.7. The summed E-state index contributed by atoms with van der Waals surface area (Å²) < 4.78 is 13.7. The second kappa shape index (κ2) is 6.33. The number of halogens is 2. The summed E-state index contributed by atoms with van der Waals surface area (Å²) in [6, 6.07) is 13.4. The number of hydrogen-bond donors (Lipinski definition) is 2. The lowest BCUT2D eigenvalue weighted by Gasteiger charge is -2.11. The van der Waals surface area contributed by atoms with Crippen molar-refractivity contribution in [1.29, 1.82) is 5.26 Å². The average molecular weight is 306 g/mol. The molecule has 0 aliphatic rings. The van der Waals surface area contributed by atoms with E-state index in [4.69, 9.17) is 29.1 Å². The summed E-state index contributed by atoms with van der Waals surface area (Å²) in [6.45, 7) is 0. The van der Waals surface area contributed by atoms with Crippen LogP contribution < -0.4 is 10.6 Å². The summed E-state index contributed by atoms with van der Waals surface area (Å²) in [5, 5.41) is 14.6. The van der Waals surface area contributed by atoms with E-state index in [1.54, 1.807) is 30.3 Å². The lowest BCUT2D eigenvalue weighted by Crippen LogP contribution is -2.19. The van der Waals surface area contributed by atoms with Crippen LogP contribution in [0.3, 0.4) is 0 Å². The molecule has 0 aliphatic heterocycles. The van der Waals surface area contributed by atoms with Gasteiger partial charge in [-0.05, 0) is 48.6 Å². The van der Waals surface area contributed by atoms with Gasteiger partial charge in [-0.25, -0.2) is 4.39 Å². The van der Waals surface area contributed by atoms with E-state index in [0.717, 1.165) is 0 Å². The van der Waals surface area contributed by atoms with Crippen LogP contribution in [0.4, 0.5) is 15.8 Å². The maximum Gasteiger partial charge on any atom is 0.175 e. The Morgan fingerprint density at radius 1 is 1.15 bits per heavy atom. The molecule has 0 unspecified atom stereocenters. The summed E-state index contributed by atoms with van der Waals surface area (Å²) in [6.07, 6.45) is 0. The quantitative estimate of drug-likeness (QED) is 0.818. The fourth-order valence-electron chi connectivity index (χ4n) is 1.51. The number of benzene rings is 2. The Balaban J connectivity index is 2.05. The number of rotatable bonds is 2. The molecule has 0 aromatic heterocycles. The minimum Gasteiger partial charge on any atom is -0.332 e. The van der Waals surface area contributed by atoms with Gasteiger partial charge in [-0.1, -0.05) is 17.7 Å². The van der Waals surface area contributed by atoms with Crippen LogP contribution >= 0.6 is 23.8 Å². The van der Waals surface area contributed by atoms with Crippen LogP contribution in [0.1, 0.15) is 5.56 Å². The van der Waals surface area contributed by atoms with Crippen LogP contribution in [0.15, 0.2) is 42.5 Å². The Kier molecular flexibility index (Phi) is 4.51. The standard InChI is InChI=1S/C14H9ClFN3S/c15-11-2-1-3-12(13(11)16)19-14(20)18-10-6-4-9(8-17)5-7-10/h1-7H,(H2,18,19,20). The van der Waals surface area contributed by atoms with Crippen molar-refractivity contribution in [3.8, 4) is 6.07 Å². The molecular weight excluding hydrogens is 297 g/mol. The molecule has 0 spiro atoms. The number of thiocarbonyl (C=S) groups is 1. The highest BCUT2D eigenvalue weighted by Gasteiger charge is 2.07. The predicted molar refractivity (Wildman–Crippen MR) is 82.4 cm³/mol. The number of nitriles is 1. The van der Waals surface area contributed by atoms with E-state index in [-0.39, 0.29) is 15.8 Å². The maximum absolute atomic E-state index is 13.7. The fraction of sp³-hybridized carbons (Fsp3) is 0. The SMILES string of the molecule is N#Cc1ccc(NC(=S)Nc2cccc(Cl)c2F)cc1. The molecule has 2 N–H and O–H groups in total. The van der Waals surface area contributed by atoms with Crippen LogP contribution in [0.5, 0.6) is 0 Å². The summed E-state index contributed by atoms with van der Waals surface area (Å²) in [5.74, 6) is -0.557. The lowest BCUT2D eigenvalue weighted by molar-refractivity contribution is 0.632. The van der Waals surface area contributed by atoms with Gasteiger partial charge in [-0.15, -0.1) is 0 Å². The van der Waals surface area contributed by atoms with E-state index in [0.29, 0.717) is 11.3 Å². The van der Waals surface area contributed by atoms with Gasteiger partial charge in [0.25, 0.3) is 0 Å². The van der Waals surface area contributed by atoms with Gasteiger partial charge < -0.3 is 10.6 Å². The molecule has 0 bridgehead atoms. The first-order chi connectivity index (χ1) is 9.60. The smallest absolute Gasteiger partial charge is 0.175 e. The Bertz CT molecular complexity index is 680. The van der Waals surface area contributed by atoms with Crippen LogP contribution in [0, 0.1) is 17.1 Å². The van der Waals surface area contributed by atoms with Gasteiger partial charge in [0.05, 0.1) is 22.3 Å². The molecule has 0 radical (unpaired) electrons. The van der Waals surface area contributed by atoms with Gasteiger partial charge in [0.2, 0.25) is 0 Å². The zero-order chi connectivity index (χ0) is 14.5. The molecule has 100 valence electrons. The van der Waals surface area contributed by atoms with Gasteiger partial charge in [0.1, 0.15) is 0 Å². The summed E-state index contributed by atoms with van der Waals surface area (Å²) in [4.78, 5) is 0. The monoisotopic (exact) mass is 305 g/mol. The van der Waals surface area contributed by atoms with Crippen molar-refractivity contribution >= 4 is 40.3 Å². The van der Waals surface area contributed by atoms with Crippen molar-refractivity contribution in [3.63, 3.8) is 0 Å². The highest BCUT2D eigenvalue weighted by molar-refractivity contribution is 7.80. The van der Waals surface area contributed by atoms with E-state index < -0.39 is 5.82 Å². The second-order valence-electron chi connectivity index (χ2n) is 3.87. The molecule has 0 amide bonds.